The lowest BCUT2D eigenvalue weighted by atomic mass is 10.2. The molecule has 6 nitrogen and oxygen atoms in total. The first-order valence-electron chi connectivity index (χ1n) is 9.09. The van der Waals surface area contributed by atoms with Gasteiger partial charge in [-0.3, -0.25) is 0 Å². The molecule has 0 atom stereocenters. The Morgan fingerprint density at radius 1 is 1.06 bits per heavy atom. The van der Waals surface area contributed by atoms with E-state index >= 15 is 0 Å². The second-order valence-electron chi connectivity index (χ2n) is 6.67. The van der Waals surface area contributed by atoms with Crippen LogP contribution in [0.15, 0.2) is 70.2 Å². The molecule has 0 amide bonds. The zero-order valence-electron chi connectivity index (χ0n) is 16.6. The summed E-state index contributed by atoms with van der Waals surface area (Å²) in [5, 5.41) is 0. The second kappa shape index (κ2) is 9.13. The zero-order chi connectivity index (χ0) is 23.5. The number of nitrogens with zero attached hydrogens (tertiary/aromatic N) is 1. The van der Waals surface area contributed by atoms with E-state index in [0.29, 0.717) is 11.6 Å². The Labute approximate surface area is 181 Å². The average Bonchev–Trinajstić information content (AvgIpc) is 3.22. The van der Waals surface area contributed by atoms with Gasteiger partial charge in [0.15, 0.2) is 0 Å². The van der Waals surface area contributed by atoms with Crippen molar-refractivity contribution in [3.8, 4) is 0 Å². The fraction of sp³-hybridized carbons (Fsp3) is 0.190. The summed E-state index contributed by atoms with van der Waals surface area (Å²) in [7, 11) is -3.36. The molecule has 0 bridgehead atoms. The molecule has 0 aliphatic rings. The van der Waals surface area contributed by atoms with Crippen LogP contribution in [-0.2, 0) is 34.0 Å². The highest BCUT2D eigenvalue weighted by Crippen LogP contribution is 2.32. The summed E-state index contributed by atoms with van der Waals surface area (Å²) in [6.45, 7) is -0.798. The van der Waals surface area contributed by atoms with Crippen LogP contribution in [0.5, 0.6) is 0 Å². The highest BCUT2D eigenvalue weighted by atomic mass is 32.2. The predicted molar refractivity (Wildman–Crippen MR) is 104 cm³/mol. The normalized spacial score (nSPS) is 12.2. The van der Waals surface area contributed by atoms with E-state index < -0.39 is 45.0 Å². The van der Waals surface area contributed by atoms with Gasteiger partial charge in [-0.2, -0.15) is 17.5 Å². The predicted octanol–water partition coefficient (Wildman–Crippen LogP) is 4.62. The lowest BCUT2D eigenvalue weighted by molar-refractivity contribution is -0.137. The van der Waals surface area contributed by atoms with Gasteiger partial charge in [0.2, 0.25) is 10.0 Å². The summed E-state index contributed by atoms with van der Waals surface area (Å²) in [4.78, 5) is 11.3. The van der Waals surface area contributed by atoms with Crippen molar-refractivity contribution in [3.63, 3.8) is 0 Å². The lowest BCUT2D eigenvalue weighted by Gasteiger charge is -2.22. The van der Waals surface area contributed by atoms with Crippen LogP contribution < -0.4 is 0 Å². The molecule has 0 saturated heterocycles. The number of alkyl halides is 3. The number of carbonyl (C=O) groups excluding carboxylic acids is 1. The third-order valence-electron chi connectivity index (χ3n) is 4.54. The summed E-state index contributed by atoms with van der Waals surface area (Å²) >= 11 is 0. The zero-order valence-corrected chi connectivity index (χ0v) is 17.4. The largest absolute Gasteiger partial charge is 0.467 e. The molecule has 3 rings (SSSR count). The van der Waals surface area contributed by atoms with Crippen molar-refractivity contribution < 1.29 is 39.9 Å². The molecule has 11 heteroatoms. The van der Waals surface area contributed by atoms with Gasteiger partial charge in [0.1, 0.15) is 17.1 Å². The molecule has 170 valence electrons. The third kappa shape index (κ3) is 5.17. The summed E-state index contributed by atoms with van der Waals surface area (Å²) in [5.41, 5.74) is -0.794. The van der Waals surface area contributed by atoms with E-state index in [1.54, 1.807) is 0 Å². The van der Waals surface area contributed by atoms with Gasteiger partial charge in [0, 0.05) is 6.54 Å². The maximum atomic E-state index is 13.3. The van der Waals surface area contributed by atoms with Gasteiger partial charge < -0.3 is 9.15 Å². The molecular weight excluding hydrogens is 454 g/mol. The fourth-order valence-electron chi connectivity index (χ4n) is 2.92. The Morgan fingerprint density at radius 3 is 2.38 bits per heavy atom. The van der Waals surface area contributed by atoms with E-state index in [0.717, 1.165) is 48.0 Å². The molecule has 0 spiro atoms. The maximum absolute atomic E-state index is 13.3. The standard InChI is InChI=1S/C21H17F4NO5S/c1-30-20(27)18-9-10-31-19(18)13-26(12-14-5-7-16(22)8-6-14)32(28,29)17-4-2-3-15(11-17)21(23,24)25/h2-11H,12-13H2,1H3. The van der Waals surface area contributed by atoms with Crippen molar-refractivity contribution in [2.24, 2.45) is 0 Å². The molecule has 0 fully saturated rings. The van der Waals surface area contributed by atoms with Crippen LogP contribution in [0.2, 0.25) is 0 Å². The molecular formula is C21H17F4NO5S. The lowest BCUT2D eigenvalue weighted by Crippen LogP contribution is -2.31. The molecule has 0 saturated carbocycles. The first-order chi connectivity index (χ1) is 15.0. The molecule has 3 aromatic rings. The first kappa shape index (κ1) is 23.5. The Hall–Kier alpha value is -3.18. The number of rotatable bonds is 7. The molecule has 0 radical (unpaired) electrons. The van der Waals surface area contributed by atoms with E-state index in [4.69, 9.17) is 4.42 Å². The van der Waals surface area contributed by atoms with Crippen molar-refractivity contribution in [1.29, 1.82) is 0 Å². The highest BCUT2D eigenvalue weighted by molar-refractivity contribution is 7.89. The molecule has 0 N–H and O–H groups in total. The number of methoxy groups -OCH3 is 1. The van der Waals surface area contributed by atoms with Gasteiger partial charge in [-0.05, 0) is 42.0 Å². The molecule has 32 heavy (non-hydrogen) atoms. The Bertz CT molecular complexity index is 1200. The van der Waals surface area contributed by atoms with Gasteiger partial charge in [-0.1, -0.05) is 18.2 Å². The van der Waals surface area contributed by atoms with Crippen LogP contribution in [0.3, 0.4) is 0 Å². The van der Waals surface area contributed by atoms with Gasteiger partial charge in [0.25, 0.3) is 0 Å². The summed E-state index contributed by atoms with van der Waals surface area (Å²) in [5.74, 6) is -1.37. The van der Waals surface area contributed by atoms with Crippen LogP contribution in [0, 0.1) is 5.82 Å². The first-order valence-corrected chi connectivity index (χ1v) is 10.5. The van der Waals surface area contributed by atoms with Crippen LogP contribution in [-0.4, -0.2) is 25.8 Å². The van der Waals surface area contributed by atoms with Crippen molar-refractivity contribution in [2.75, 3.05) is 7.11 Å². The third-order valence-corrected chi connectivity index (χ3v) is 6.33. The van der Waals surface area contributed by atoms with E-state index in [1.807, 2.05) is 0 Å². The summed E-state index contributed by atoms with van der Waals surface area (Å²) in [6, 6.07) is 9.51. The minimum Gasteiger partial charge on any atom is -0.467 e. The van der Waals surface area contributed by atoms with Crippen LogP contribution in [0.4, 0.5) is 17.6 Å². The van der Waals surface area contributed by atoms with Crippen molar-refractivity contribution in [2.45, 2.75) is 24.2 Å². The van der Waals surface area contributed by atoms with E-state index in [9.17, 15) is 30.8 Å². The number of hydrogen-bond donors (Lipinski definition) is 0. The number of furan rings is 1. The SMILES string of the molecule is COC(=O)c1ccoc1CN(Cc1ccc(F)cc1)S(=O)(=O)c1cccc(C(F)(F)F)c1. The second-order valence-corrected chi connectivity index (χ2v) is 8.61. The number of sulfonamides is 1. The number of carbonyl (C=O) groups is 1. The number of esters is 1. The van der Waals surface area contributed by atoms with Crippen molar-refractivity contribution >= 4 is 16.0 Å². The number of hydrogen-bond acceptors (Lipinski definition) is 5. The average molecular weight is 471 g/mol. The van der Waals surface area contributed by atoms with Crippen molar-refractivity contribution in [3.05, 3.63) is 89.1 Å². The van der Waals surface area contributed by atoms with E-state index in [1.165, 1.54) is 18.2 Å². The van der Waals surface area contributed by atoms with Crippen LogP contribution >= 0.6 is 0 Å². The van der Waals surface area contributed by atoms with Crippen LogP contribution in [0.1, 0.15) is 27.2 Å². The molecule has 0 unspecified atom stereocenters. The minimum absolute atomic E-state index is 0.0316. The Morgan fingerprint density at radius 2 is 1.75 bits per heavy atom. The fourth-order valence-corrected chi connectivity index (χ4v) is 4.35. The summed E-state index contributed by atoms with van der Waals surface area (Å²) in [6.07, 6.45) is -3.58. The number of ether oxygens (including phenoxy) is 1. The maximum Gasteiger partial charge on any atom is 0.416 e. The molecule has 2 aromatic carbocycles. The quantitative estimate of drug-likeness (QED) is 0.371. The minimum atomic E-state index is -4.74. The highest BCUT2D eigenvalue weighted by Gasteiger charge is 2.34. The van der Waals surface area contributed by atoms with Gasteiger partial charge in [-0.25, -0.2) is 17.6 Å². The number of benzene rings is 2. The monoisotopic (exact) mass is 471 g/mol. The Kier molecular flexibility index (Phi) is 6.70. The van der Waals surface area contributed by atoms with Gasteiger partial charge in [0.05, 0.1) is 30.4 Å². The van der Waals surface area contributed by atoms with E-state index in [-0.39, 0.29) is 17.9 Å². The summed E-state index contributed by atoms with van der Waals surface area (Å²) < 4.78 is 89.9. The number of halogens is 4. The van der Waals surface area contributed by atoms with E-state index in [2.05, 4.69) is 4.74 Å². The topological polar surface area (TPSA) is 76.8 Å². The molecule has 1 aromatic heterocycles. The molecule has 1 heterocycles. The smallest absolute Gasteiger partial charge is 0.416 e. The Balaban J connectivity index is 2.04. The van der Waals surface area contributed by atoms with Gasteiger partial charge in [-0.15, -0.1) is 0 Å². The molecule has 0 aliphatic carbocycles. The van der Waals surface area contributed by atoms with Gasteiger partial charge >= 0.3 is 12.1 Å². The van der Waals surface area contributed by atoms with Crippen molar-refractivity contribution in [1.82, 2.24) is 4.31 Å². The van der Waals surface area contributed by atoms with Crippen LogP contribution in [0.25, 0.3) is 0 Å². The molecule has 0 aliphatic heterocycles.